The lowest BCUT2D eigenvalue weighted by molar-refractivity contribution is 0.384. The summed E-state index contributed by atoms with van der Waals surface area (Å²) in [6.45, 7) is 0. The molecule has 0 aliphatic rings. The van der Waals surface area contributed by atoms with Crippen molar-refractivity contribution < 1.29 is 14.2 Å². The maximum Gasteiger partial charge on any atom is 0.240 e. The van der Waals surface area contributed by atoms with E-state index in [1.165, 1.54) is 6.20 Å². The van der Waals surface area contributed by atoms with Crippen molar-refractivity contribution >= 4 is 21.9 Å². The molecule has 0 radical (unpaired) electrons. The second-order valence-corrected chi connectivity index (χ2v) is 4.50. The number of hydrogen-bond donors (Lipinski definition) is 2. The predicted octanol–water partition coefficient (Wildman–Crippen LogP) is 2.33. The number of aromatic nitrogens is 2. The van der Waals surface area contributed by atoms with Gasteiger partial charge in [-0.05, 0) is 15.9 Å². The van der Waals surface area contributed by atoms with Gasteiger partial charge < -0.3 is 14.2 Å². The third-order valence-electron chi connectivity index (χ3n) is 2.38. The summed E-state index contributed by atoms with van der Waals surface area (Å²) in [6.07, 6.45) is 1.54. The van der Waals surface area contributed by atoms with Gasteiger partial charge in [0, 0.05) is 18.2 Å². The fraction of sp³-hybridized carbons (Fsp3) is 0.167. The first kappa shape index (κ1) is 14.4. The van der Waals surface area contributed by atoms with Gasteiger partial charge in [-0.3, -0.25) is 5.43 Å². The van der Waals surface area contributed by atoms with Gasteiger partial charge in [0.2, 0.25) is 11.8 Å². The molecule has 0 spiro atoms. The summed E-state index contributed by atoms with van der Waals surface area (Å²) >= 11 is 3.31. The Morgan fingerprint density at radius 2 is 1.70 bits per heavy atom. The lowest BCUT2D eigenvalue weighted by Gasteiger charge is -2.10. The van der Waals surface area contributed by atoms with Gasteiger partial charge in [-0.2, -0.15) is 4.98 Å². The lowest BCUT2D eigenvalue weighted by Crippen LogP contribution is -2.10. The highest BCUT2D eigenvalue weighted by Crippen LogP contribution is 2.33. The molecule has 0 fully saturated rings. The Morgan fingerprint density at radius 1 is 1.10 bits per heavy atom. The summed E-state index contributed by atoms with van der Waals surface area (Å²) in [4.78, 5) is 8.04. The van der Waals surface area contributed by atoms with Crippen LogP contribution in [0.5, 0.6) is 23.1 Å². The van der Waals surface area contributed by atoms with E-state index >= 15 is 0 Å². The Bertz CT molecular complexity index is 587. The molecule has 0 unspecified atom stereocenters. The molecule has 0 aliphatic carbocycles. The summed E-state index contributed by atoms with van der Waals surface area (Å²) in [6, 6.07) is 5.17. The number of benzene rings is 1. The maximum atomic E-state index is 5.68. The highest BCUT2D eigenvalue weighted by Gasteiger charge is 2.09. The van der Waals surface area contributed by atoms with Crippen LogP contribution in [-0.2, 0) is 0 Å². The minimum absolute atomic E-state index is 0.248. The number of nitrogen functional groups attached to an aromatic ring is 1. The van der Waals surface area contributed by atoms with E-state index in [0.29, 0.717) is 27.6 Å². The molecule has 1 heterocycles. The number of rotatable bonds is 5. The zero-order valence-corrected chi connectivity index (χ0v) is 12.5. The summed E-state index contributed by atoms with van der Waals surface area (Å²) in [5.41, 5.74) is 2.35. The van der Waals surface area contributed by atoms with Gasteiger partial charge in [0.05, 0.1) is 24.9 Å². The molecule has 0 atom stereocenters. The summed E-state index contributed by atoms with van der Waals surface area (Å²) in [5, 5.41) is 0. The van der Waals surface area contributed by atoms with Gasteiger partial charge in [-0.25, -0.2) is 10.8 Å². The standard InChI is InChI=1S/C12H13BrN4O3/c1-18-7-3-8(19-2)5-9(4-7)20-11-10(13)6-15-12(16-11)17-14/h3-6H,14H2,1-2H3,(H,15,16,17). The minimum atomic E-state index is 0.248. The quantitative estimate of drug-likeness (QED) is 0.637. The molecule has 20 heavy (non-hydrogen) atoms. The third-order valence-corrected chi connectivity index (χ3v) is 2.92. The molecule has 0 saturated heterocycles. The molecule has 1 aromatic carbocycles. The van der Waals surface area contributed by atoms with Gasteiger partial charge in [-0.15, -0.1) is 0 Å². The number of methoxy groups -OCH3 is 2. The van der Waals surface area contributed by atoms with Crippen LogP contribution in [0.4, 0.5) is 5.95 Å². The van der Waals surface area contributed by atoms with Crippen LogP contribution in [0.25, 0.3) is 0 Å². The van der Waals surface area contributed by atoms with Crippen LogP contribution in [0.3, 0.4) is 0 Å². The van der Waals surface area contributed by atoms with Crippen molar-refractivity contribution in [1.29, 1.82) is 0 Å². The molecule has 0 bridgehead atoms. The van der Waals surface area contributed by atoms with Gasteiger partial charge in [0.15, 0.2) is 0 Å². The van der Waals surface area contributed by atoms with Gasteiger partial charge >= 0.3 is 0 Å². The SMILES string of the molecule is COc1cc(OC)cc(Oc2nc(NN)ncc2Br)c1. The average molecular weight is 341 g/mol. The molecular weight excluding hydrogens is 328 g/mol. The van der Waals surface area contributed by atoms with Crippen molar-refractivity contribution in [3.63, 3.8) is 0 Å². The van der Waals surface area contributed by atoms with Crippen molar-refractivity contribution in [3.05, 3.63) is 28.9 Å². The first-order chi connectivity index (χ1) is 9.66. The molecular formula is C12H13BrN4O3. The Kier molecular flexibility index (Phi) is 4.59. The Labute approximate surface area is 124 Å². The molecule has 0 saturated carbocycles. The number of hydrazine groups is 1. The van der Waals surface area contributed by atoms with Crippen molar-refractivity contribution in [2.24, 2.45) is 5.84 Å². The Hall–Kier alpha value is -2.06. The number of ether oxygens (including phenoxy) is 3. The van der Waals surface area contributed by atoms with Crippen molar-refractivity contribution in [1.82, 2.24) is 9.97 Å². The van der Waals surface area contributed by atoms with Crippen LogP contribution in [0.15, 0.2) is 28.9 Å². The highest BCUT2D eigenvalue weighted by molar-refractivity contribution is 9.10. The Morgan fingerprint density at radius 3 is 2.25 bits per heavy atom. The second-order valence-electron chi connectivity index (χ2n) is 3.64. The number of nitrogens with zero attached hydrogens (tertiary/aromatic N) is 2. The normalized spacial score (nSPS) is 10.0. The zero-order valence-electron chi connectivity index (χ0n) is 10.9. The van der Waals surface area contributed by atoms with E-state index in [-0.39, 0.29) is 5.95 Å². The number of hydrogen-bond acceptors (Lipinski definition) is 7. The zero-order chi connectivity index (χ0) is 14.5. The van der Waals surface area contributed by atoms with E-state index in [1.807, 2.05) is 0 Å². The highest BCUT2D eigenvalue weighted by atomic mass is 79.9. The molecule has 7 nitrogen and oxygen atoms in total. The molecule has 3 N–H and O–H groups in total. The summed E-state index contributed by atoms with van der Waals surface area (Å²) in [5.74, 6) is 7.58. The van der Waals surface area contributed by atoms with Crippen LogP contribution >= 0.6 is 15.9 Å². The molecule has 8 heteroatoms. The molecule has 106 valence electrons. The van der Waals surface area contributed by atoms with Crippen molar-refractivity contribution in [3.8, 4) is 23.1 Å². The van der Waals surface area contributed by atoms with E-state index in [1.54, 1.807) is 32.4 Å². The molecule has 2 rings (SSSR count). The van der Waals surface area contributed by atoms with E-state index in [0.717, 1.165) is 0 Å². The number of nitrogens with two attached hydrogens (primary N) is 1. The number of nitrogens with one attached hydrogen (secondary N) is 1. The molecule has 0 amide bonds. The van der Waals surface area contributed by atoms with Gasteiger partial charge in [0.1, 0.15) is 17.2 Å². The molecule has 1 aromatic heterocycles. The third kappa shape index (κ3) is 3.28. The second kappa shape index (κ2) is 6.40. The van der Waals surface area contributed by atoms with Crippen molar-refractivity contribution in [2.75, 3.05) is 19.6 Å². The van der Waals surface area contributed by atoms with Crippen LogP contribution in [0, 0.1) is 0 Å². The fourth-order valence-electron chi connectivity index (χ4n) is 1.44. The maximum absolute atomic E-state index is 5.68. The minimum Gasteiger partial charge on any atom is -0.496 e. The van der Waals surface area contributed by atoms with E-state index in [2.05, 4.69) is 31.3 Å². The largest absolute Gasteiger partial charge is 0.496 e. The number of halogens is 1. The van der Waals surface area contributed by atoms with E-state index < -0.39 is 0 Å². The van der Waals surface area contributed by atoms with Crippen LogP contribution in [0.1, 0.15) is 0 Å². The van der Waals surface area contributed by atoms with Gasteiger partial charge in [-0.1, -0.05) is 0 Å². The smallest absolute Gasteiger partial charge is 0.240 e. The lowest BCUT2D eigenvalue weighted by atomic mass is 10.3. The number of anilines is 1. The first-order valence-electron chi connectivity index (χ1n) is 5.56. The average Bonchev–Trinajstić information content (AvgIpc) is 2.49. The first-order valence-corrected chi connectivity index (χ1v) is 6.35. The fourth-order valence-corrected chi connectivity index (χ4v) is 1.72. The van der Waals surface area contributed by atoms with E-state index in [4.69, 9.17) is 20.1 Å². The summed E-state index contributed by atoms with van der Waals surface area (Å²) in [7, 11) is 3.13. The van der Waals surface area contributed by atoms with Crippen LogP contribution in [0.2, 0.25) is 0 Å². The monoisotopic (exact) mass is 340 g/mol. The van der Waals surface area contributed by atoms with E-state index in [9.17, 15) is 0 Å². The predicted molar refractivity (Wildman–Crippen MR) is 77.2 cm³/mol. The molecule has 0 aliphatic heterocycles. The Balaban J connectivity index is 2.33. The molecule has 2 aromatic rings. The van der Waals surface area contributed by atoms with Crippen LogP contribution < -0.4 is 25.5 Å². The summed E-state index contributed by atoms with van der Waals surface area (Å²) < 4.78 is 16.6. The van der Waals surface area contributed by atoms with Crippen LogP contribution in [-0.4, -0.2) is 24.2 Å². The van der Waals surface area contributed by atoms with Gasteiger partial charge in [0.25, 0.3) is 0 Å². The topological polar surface area (TPSA) is 91.5 Å². The van der Waals surface area contributed by atoms with Crippen molar-refractivity contribution in [2.45, 2.75) is 0 Å².